The number of likely N-dealkylation sites (N-methyl/N-ethyl adjacent to an activating group) is 1. The van der Waals surface area contributed by atoms with Crippen LogP contribution >= 0.6 is 0 Å². The number of quaternary nitrogens is 1. The van der Waals surface area contributed by atoms with Crippen LogP contribution in [0.2, 0.25) is 0 Å². The van der Waals surface area contributed by atoms with Crippen LogP contribution in [0.4, 0.5) is 0 Å². The number of hydrogen-bond acceptors (Lipinski definition) is 6. The highest BCUT2D eigenvalue weighted by Crippen LogP contribution is 2.11. The highest BCUT2D eigenvalue weighted by Gasteiger charge is 2.31. The van der Waals surface area contributed by atoms with Gasteiger partial charge in [0, 0.05) is 19.3 Å². The lowest BCUT2D eigenvalue weighted by atomic mass is 10.1. The van der Waals surface area contributed by atoms with Gasteiger partial charge in [-0.3, -0.25) is 9.59 Å². The Morgan fingerprint density at radius 1 is 0.646 bits per heavy atom. The Balaban J connectivity index is 4.60. The van der Waals surface area contributed by atoms with Crippen LogP contribution < -0.4 is 0 Å². The fourth-order valence-corrected chi connectivity index (χ4v) is 4.61. The van der Waals surface area contributed by atoms with Gasteiger partial charge in [-0.05, 0) is 51.4 Å². The largest absolute Gasteiger partial charge is 0.477 e. The van der Waals surface area contributed by atoms with Crippen LogP contribution in [0.5, 0.6) is 0 Å². The summed E-state index contributed by atoms with van der Waals surface area (Å²) in [7, 11) is 5.48. The Hall–Kier alpha value is -3.23. The van der Waals surface area contributed by atoms with Crippen molar-refractivity contribution in [1.29, 1.82) is 0 Å². The topological polar surface area (TPSA) is 99.1 Å². The highest BCUT2D eigenvalue weighted by atomic mass is 16.6. The number of unbranched alkanes of at least 4 members (excludes halogenated alkanes) is 8. The van der Waals surface area contributed by atoms with Crippen molar-refractivity contribution in [3.05, 3.63) is 72.9 Å². The van der Waals surface area contributed by atoms with Gasteiger partial charge in [-0.1, -0.05) is 112 Å². The molecule has 0 aliphatic heterocycles. The van der Waals surface area contributed by atoms with Gasteiger partial charge in [0.2, 0.25) is 0 Å². The fraction of sp³-hybridized carbons (Fsp3) is 0.625. The molecule has 8 heteroatoms. The first-order chi connectivity index (χ1) is 23.1. The Morgan fingerprint density at radius 3 is 1.71 bits per heavy atom. The van der Waals surface area contributed by atoms with E-state index < -0.39 is 18.1 Å². The summed E-state index contributed by atoms with van der Waals surface area (Å²) in [6.07, 6.45) is 36.7. The molecular weight excluding hydrogens is 606 g/mol. The predicted octanol–water partition coefficient (Wildman–Crippen LogP) is 8.85. The second kappa shape index (κ2) is 31.1. The van der Waals surface area contributed by atoms with Crippen molar-refractivity contribution >= 4 is 17.9 Å². The average molecular weight is 673 g/mol. The van der Waals surface area contributed by atoms with Gasteiger partial charge in [-0.15, -0.1) is 0 Å². The van der Waals surface area contributed by atoms with E-state index in [4.69, 9.17) is 14.2 Å². The first-order valence-corrected chi connectivity index (χ1v) is 18.0. The van der Waals surface area contributed by atoms with E-state index in [0.717, 1.165) is 57.8 Å². The fourth-order valence-electron chi connectivity index (χ4n) is 4.61. The van der Waals surface area contributed by atoms with Crippen molar-refractivity contribution in [3.63, 3.8) is 0 Å². The summed E-state index contributed by atoms with van der Waals surface area (Å²) >= 11 is 0. The van der Waals surface area contributed by atoms with E-state index in [2.05, 4.69) is 50.3 Å². The van der Waals surface area contributed by atoms with Crippen LogP contribution in [0.1, 0.15) is 110 Å². The lowest BCUT2D eigenvalue weighted by Crippen LogP contribution is -2.50. The van der Waals surface area contributed by atoms with E-state index in [-0.39, 0.29) is 42.7 Å². The zero-order chi connectivity index (χ0) is 35.7. The average Bonchev–Trinajstić information content (AvgIpc) is 3.03. The molecule has 8 nitrogen and oxygen atoms in total. The van der Waals surface area contributed by atoms with Gasteiger partial charge in [-0.2, -0.15) is 0 Å². The van der Waals surface area contributed by atoms with Crippen molar-refractivity contribution in [3.8, 4) is 0 Å². The van der Waals surface area contributed by atoms with Crippen LogP contribution in [0.3, 0.4) is 0 Å². The number of allylic oxidation sites excluding steroid dienone is 12. The van der Waals surface area contributed by atoms with Crippen LogP contribution in [-0.4, -0.2) is 80.6 Å². The number of carbonyl (C=O) groups excluding carboxylic acids is 2. The van der Waals surface area contributed by atoms with Crippen LogP contribution in [0, 0.1) is 0 Å². The lowest BCUT2D eigenvalue weighted by molar-refractivity contribution is -0.887. The summed E-state index contributed by atoms with van der Waals surface area (Å²) in [5, 5.41) is 9.56. The quantitative estimate of drug-likeness (QED) is 0.0352. The molecule has 0 rings (SSSR count). The van der Waals surface area contributed by atoms with Crippen molar-refractivity contribution in [2.45, 2.75) is 122 Å². The standard InChI is InChI=1S/C40H65NO7/c1-6-8-10-12-14-16-18-19-21-23-25-27-29-31-39(43)48-36(34-46-33-32-37(40(44)45)41(3,4)5)35-47-38(42)30-28-26-24-22-20-17-15-13-11-9-7-2/h8,10,12-21,36-37H,6-7,9,11,22-35H2,1-5H3/p+1/b10-8+,14-12+,15-13+,18-16+,20-17+,21-19+. The molecule has 0 aliphatic carbocycles. The summed E-state index contributed by atoms with van der Waals surface area (Å²) < 4.78 is 17.1. The summed E-state index contributed by atoms with van der Waals surface area (Å²) in [5.41, 5.74) is 0. The second-order valence-electron chi connectivity index (χ2n) is 12.9. The van der Waals surface area contributed by atoms with E-state index in [1.807, 2.05) is 57.6 Å². The third kappa shape index (κ3) is 29.0. The minimum atomic E-state index is -0.891. The first kappa shape index (κ1) is 44.8. The molecule has 0 amide bonds. The number of hydrogen-bond donors (Lipinski definition) is 1. The maximum atomic E-state index is 12.6. The van der Waals surface area contributed by atoms with Gasteiger partial charge in [0.25, 0.3) is 0 Å². The van der Waals surface area contributed by atoms with E-state index in [9.17, 15) is 19.5 Å². The number of esters is 2. The monoisotopic (exact) mass is 672 g/mol. The molecular formula is C40H66NO7+. The maximum absolute atomic E-state index is 12.6. The molecule has 0 radical (unpaired) electrons. The molecule has 2 unspecified atom stereocenters. The van der Waals surface area contributed by atoms with Crippen LogP contribution in [-0.2, 0) is 28.6 Å². The third-order valence-corrected chi connectivity index (χ3v) is 7.46. The number of nitrogens with zero attached hydrogens (tertiary/aromatic N) is 1. The number of rotatable bonds is 30. The molecule has 0 saturated carbocycles. The molecule has 0 aromatic carbocycles. The first-order valence-electron chi connectivity index (χ1n) is 18.0. The number of aliphatic carboxylic acids is 1. The van der Waals surface area contributed by atoms with Crippen molar-refractivity contribution < 1.29 is 38.2 Å². The number of carbonyl (C=O) groups is 3. The molecule has 0 bridgehead atoms. The summed E-state index contributed by atoms with van der Waals surface area (Å²) in [4.78, 5) is 36.7. The highest BCUT2D eigenvalue weighted by molar-refractivity contribution is 5.72. The van der Waals surface area contributed by atoms with Gasteiger partial charge >= 0.3 is 17.9 Å². The zero-order valence-electron chi connectivity index (χ0n) is 30.7. The number of carboxylic acid groups (broad SMARTS) is 1. The lowest BCUT2D eigenvalue weighted by Gasteiger charge is -2.31. The predicted molar refractivity (Wildman–Crippen MR) is 197 cm³/mol. The number of ether oxygens (including phenoxy) is 3. The SMILES string of the molecule is CC/C=C/C=C/C=C/C=C/CCCCCC(=O)OC(COCCC(C(=O)O)[N+](C)(C)C)COC(=O)CCCCC/C=C/C=C/CCCC. The Labute approximate surface area is 291 Å². The second-order valence-corrected chi connectivity index (χ2v) is 12.9. The molecule has 0 aromatic heterocycles. The van der Waals surface area contributed by atoms with Gasteiger partial charge in [0.1, 0.15) is 6.61 Å². The van der Waals surface area contributed by atoms with Crippen LogP contribution in [0.15, 0.2) is 72.9 Å². The van der Waals surface area contributed by atoms with Crippen molar-refractivity contribution in [1.82, 2.24) is 0 Å². The third-order valence-electron chi connectivity index (χ3n) is 7.46. The molecule has 1 N–H and O–H groups in total. The normalized spacial score (nSPS) is 13.9. The Morgan fingerprint density at radius 2 is 1.17 bits per heavy atom. The maximum Gasteiger partial charge on any atom is 0.362 e. The molecule has 0 spiro atoms. The van der Waals surface area contributed by atoms with Crippen molar-refractivity contribution in [2.24, 2.45) is 0 Å². The molecule has 0 heterocycles. The van der Waals surface area contributed by atoms with Gasteiger partial charge in [0.05, 0.1) is 34.4 Å². The zero-order valence-corrected chi connectivity index (χ0v) is 30.7. The molecule has 48 heavy (non-hydrogen) atoms. The smallest absolute Gasteiger partial charge is 0.362 e. The molecule has 0 aromatic rings. The minimum Gasteiger partial charge on any atom is -0.477 e. The Kier molecular flexibility index (Phi) is 29.0. The van der Waals surface area contributed by atoms with Crippen LogP contribution in [0.25, 0.3) is 0 Å². The van der Waals surface area contributed by atoms with Gasteiger partial charge in [-0.25, -0.2) is 4.79 Å². The van der Waals surface area contributed by atoms with Gasteiger partial charge in [0.15, 0.2) is 12.1 Å². The molecule has 0 saturated heterocycles. The summed E-state index contributed by atoms with van der Waals surface area (Å²) in [6, 6.07) is -0.628. The van der Waals surface area contributed by atoms with Crippen molar-refractivity contribution in [2.75, 3.05) is 41.0 Å². The van der Waals surface area contributed by atoms with E-state index in [1.54, 1.807) is 0 Å². The molecule has 272 valence electrons. The van der Waals surface area contributed by atoms with E-state index in [0.29, 0.717) is 19.3 Å². The van der Waals surface area contributed by atoms with E-state index >= 15 is 0 Å². The molecule has 2 atom stereocenters. The minimum absolute atomic E-state index is 0.0319. The summed E-state index contributed by atoms with van der Waals surface area (Å²) in [6.45, 7) is 4.42. The summed E-state index contributed by atoms with van der Waals surface area (Å²) in [5.74, 6) is -1.57. The van der Waals surface area contributed by atoms with E-state index in [1.165, 1.54) is 12.8 Å². The van der Waals surface area contributed by atoms with Gasteiger partial charge < -0.3 is 23.8 Å². The Bertz CT molecular complexity index is 1020. The molecule has 0 fully saturated rings. The molecule has 0 aliphatic rings. The number of carboxylic acids is 1.